The van der Waals surface area contributed by atoms with Gasteiger partial charge in [0.25, 0.3) is 0 Å². The Morgan fingerprint density at radius 1 is 1.59 bits per heavy atom. The fraction of sp³-hybridized carbons (Fsp3) is 0.222. The molecule has 0 saturated carbocycles. The van der Waals surface area contributed by atoms with Crippen molar-refractivity contribution in [2.75, 3.05) is 7.05 Å². The maximum absolute atomic E-state index is 4.58. The first-order valence-corrected chi connectivity index (χ1v) is 6.70. The minimum absolute atomic E-state index is 0.758. The van der Waals surface area contributed by atoms with Crippen LogP contribution in [-0.4, -0.2) is 31.6 Å². The predicted molar refractivity (Wildman–Crippen MR) is 66.3 cm³/mol. The van der Waals surface area contributed by atoms with Gasteiger partial charge >= 0.3 is 0 Å². The van der Waals surface area contributed by atoms with Crippen LogP contribution in [0.1, 0.15) is 5.69 Å². The molecule has 3 heterocycles. The van der Waals surface area contributed by atoms with Gasteiger partial charge in [-0.1, -0.05) is 0 Å². The number of thiazole rings is 1. The van der Waals surface area contributed by atoms with E-state index in [2.05, 4.69) is 29.9 Å². The summed E-state index contributed by atoms with van der Waals surface area (Å²) in [6.07, 6.45) is 3.53. The van der Waals surface area contributed by atoms with E-state index in [1.54, 1.807) is 11.3 Å². The Balaban J connectivity index is 2.02. The average molecular weight is 266 g/mol. The molecule has 88 valence electrons. The lowest BCUT2D eigenvalue weighted by Gasteiger charge is -2.00. The third-order valence-corrected chi connectivity index (χ3v) is 3.92. The van der Waals surface area contributed by atoms with Gasteiger partial charge in [-0.25, -0.2) is 9.97 Å². The number of imidazole rings is 1. The van der Waals surface area contributed by atoms with E-state index < -0.39 is 0 Å². The number of aromatic amines is 1. The molecule has 0 amide bonds. The van der Waals surface area contributed by atoms with Crippen LogP contribution < -0.4 is 5.32 Å². The van der Waals surface area contributed by atoms with Gasteiger partial charge in [0, 0.05) is 18.1 Å². The third kappa shape index (κ3) is 1.94. The van der Waals surface area contributed by atoms with E-state index >= 15 is 0 Å². The quantitative estimate of drug-likeness (QED) is 0.746. The maximum Gasteiger partial charge on any atom is 0.194 e. The summed E-state index contributed by atoms with van der Waals surface area (Å²) < 4.78 is 2.10. The standard InChI is InChI=1S/C9H10N6S2/c1-10-4-6-7(17-8-11-5-12-14-8)13-9-15(6)2-3-16-9/h2-3,5,10H,4H2,1H3,(H,11,12,14). The van der Waals surface area contributed by atoms with Crippen molar-refractivity contribution in [1.29, 1.82) is 0 Å². The van der Waals surface area contributed by atoms with Gasteiger partial charge in [-0.2, -0.15) is 5.10 Å². The molecule has 3 aromatic rings. The normalized spacial score (nSPS) is 11.4. The highest BCUT2D eigenvalue weighted by Crippen LogP contribution is 2.29. The number of nitrogens with one attached hydrogen (secondary N) is 2. The smallest absolute Gasteiger partial charge is 0.194 e. The van der Waals surface area contributed by atoms with E-state index in [-0.39, 0.29) is 0 Å². The second kappa shape index (κ2) is 4.47. The van der Waals surface area contributed by atoms with Crippen LogP contribution in [0.5, 0.6) is 0 Å². The molecule has 0 aliphatic rings. The van der Waals surface area contributed by atoms with E-state index in [0.717, 1.165) is 27.4 Å². The number of aromatic nitrogens is 5. The Kier molecular flexibility index (Phi) is 2.83. The van der Waals surface area contributed by atoms with Gasteiger partial charge in [0.15, 0.2) is 10.1 Å². The lowest BCUT2D eigenvalue weighted by atomic mass is 10.5. The van der Waals surface area contributed by atoms with Crippen LogP contribution in [0, 0.1) is 0 Å². The van der Waals surface area contributed by atoms with E-state index in [9.17, 15) is 0 Å². The van der Waals surface area contributed by atoms with Crippen molar-refractivity contribution in [3.05, 3.63) is 23.6 Å². The van der Waals surface area contributed by atoms with E-state index in [1.807, 2.05) is 18.6 Å². The van der Waals surface area contributed by atoms with Crippen molar-refractivity contribution in [2.24, 2.45) is 0 Å². The summed E-state index contributed by atoms with van der Waals surface area (Å²) in [5.74, 6) is 0. The van der Waals surface area contributed by atoms with E-state index in [1.165, 1.54) is 18.1 Å². The zero-order valence-corrected chi connectivity index (χ0v) is 10.7. The molecule has 0 saturated heterocycles. The molecule has 0 bridgehead atoms. The molecule has 17 heavy (non-hydrogen) atoms. The van der Waals surface area contributed by atoms with Crippen molar-refractivity contribution < 1.29 is 0 Å². The highest BCUT2D eigenvalue weighted by molar-refractivity contribution is 7.99. The second-order valence-corrected chi connectivity index (χ2v) is 5.19. The average Bonchev–Trinajstić information content (AvgIpc) is 2.99. The summed E-state index contributed by atoms with van der Waals surface area (Å²) >= 11 is 3.12. The largest absolute Gasteiger partial charge is 0.314 e. The lowest BCUT2D eigenvalue weighted by Crippen LogP contribution is -2.08. The molecule has 3 rings (SSSR count). The van der Waals surface area contributed by atoms with Gasteiger partial charge in [-0.05, 0) is 18.8 Å². The highest BCUT2D eigenvalue weighted by atomic mass is 32.2. The Morgan fingerprint density at radius 3 is 3.29 bits per heavy atom. The Bertz CT molecular complexity index is 611. The summed E-state index contributed by atoms with van der Waals surface area (Å²) in [6.45, 7) is 0.772. The van der Waals surface area contributed by atoms with Crippen LogP contribution in [0.3, 0.4) is 0 Å². The fourth-order valence-corrected chi connectivity index (χ4v) is 3.15. The van der Waals surface area contributed by atoms with Crippen LogP contribution in [0.2, 0.25) is 0 Å². The third-order valence-electron chi connectivity index (χ3n) is 2.25. The van der Waals surface area contributed by atoms with Crippen LogP contribution in [-0.2, 0) is 6.54 Å². The van der Waals surface area contributed by atoms with Crippen molar-refractivity contribution in [1.82, 2.24) is 29.9 Å². The fourth-order valence-electron chi connectivity index (χ4n) is 1.56. The molecule has 0 spiro atoms. The molecule has 0 radical (unpaired) electrons. The monoisotopic (exact) mass is 266 g/mol. The summed E-state index contributed by atoms with van der Waals surface area (Å²) in [6, 6.07) is 0. The van der Waals surface area contributed by atoms with Gasteiger partial charge < -0.3 is 5.32 Å². The first-order valence-electron chi connectivity index (χ1n) is 5.00. The van der Waals surface area contributed by atoms with E-state index in [0.29, 0.717) is 0 Å². The molecular formula is C9H10N6S2. The van der Waals surface area contributed by atoms with Gasteiger partial charge in [0.05, 0.1) is 5.69 Å². The number of rotatable bonds is 4. The van der Waals surface area contributed by atoms with Gasteiger partial charge in [-0.15, -0.1) is 11.3 Å². The summed E-state index contributed by atoms with van der Waals surface area (Å²) in [5.41, 5.74) is 1.14. The lowest BCUT2D eigenvalue weighted by molar-refractivity contribution is 0.764. The summed E-state index contributed by atoms with van der Waals surface area (Å²) in [7, 11) is 1.93. The van der Waals surface area contributed by atoms with Crippen LogP contribution in [0.4, 0.5) is 0 Å². The van der Waals surface area contributed by atoms with Crippen LogP contribution >= 0.6 is 23.1 Å². The predicted octanol–water partition coefficient (Wildman–Crippen LogP) is 1.38. The van der Waals surface area contributed by atoms with Gasteiger partial charge in [0.2, 0.25) is 0 Å². The van der Waals surface area contributed by atoms with Crippen molar-refractivity contribution in [3.63, 3.8) is 0 Å². The Morgan fingerprint density at radius 2 is 2.53 bits per heavy atom. The number of fused-ring (bicyclic) bond motifs is 1. The van der Waals surface area contributed by atoms with Crippen molar-refractivity contribution in [3.8, 4) is 0 Å². The molecule has 0 fully saturated rings. The molecule has 0 aliphatic heterocycles. The molecule has 0 aliphatic carbocycles. The SMILES string of the molecule is CNCc1c(Sc2ncn[nH]2)nc2sccn12. The minimum atomic E-state index is 0.758. The number of nitrogens with zero attached hydrogens (tertiary/aromatic N) is 4. The molecule has 0 aromatic carbocycles. The minimum Gasteiger partial charge on any atom is -0.314 e. The van der Waals surface area contributed by atoms with Crippen molar-refractivity contribution in [2.45, 2.75) is 16.7 Å². The molecular weight excluding hydrogens is 256 g/mol. The number of H-pyrrole nitrogens is 1. The molecule has 8 heteroatoms. The Hall–Kier alpha value is -1.38. The molecule has 2 N–H and O–H groups in total. The number of hydrogen-bond donors (Lipinski definition) is 2. The topological polar surface area (TPSA) is 70.9 Å². The van der Waals surface area contributed by atoms with E-state index in [4.69, 9.17) is 0 Å². The van der Waals surface area contributed by atoms with Crippen molar-refractivity contribution >= 4 is 28.1 Å². The Labute approximate surface area is 105 Å². The highest BCUT2D eigenvalue weighted by Gasteiger charge is 2.14. The zero-order valence-electron chi connectivity index (χ0n) is 9.04. The van der Waals surface area contributed by atoms with Gasteiger partial charge in [-0.3, -0.25) is 9.50 Å². The maximum atomic E-state index is 4.58. The molecule has 0 unspecified atom stereocenters. The molecule has 3 aromatic heterocycles. The number of hydrogen-bond acceptors (Lipinski definition) is 6. The van der Waals surface area contributed by atoms with Crippen LogP contribution in [0.25, 0.3) is 4.96 Å². The molecule has 6 nitrogen and oxygen atoms in total. The zero-order chi connectivity index (χ0) is 11.7. The molecule has 0 atom stereocenters. The first-order chi connectivity index (χ1) is 8.38. The summed E-state index contributed by atoms with van der Waals surface area (Å²) in [4.78, 5) is 9.68. The first kappa shape index (κ1) is 10.8. The van der Waals surface area contributed by atoms with Gasteiger partial charge in [0.1, 0.15) is 11.4 Å². The van der Waals surface area contributed by atoms with Crippen LogP contribution in [0.15, 0.2) is 28.1 Å². The second-order valence-electron chi connectivity index (χ2n) is 3.34. The summed E-state index contributed by atoms with van der Waals surface area (Å²) in [5, 5.41) is 13.6.